The fourth-order valence-electron chi connectivity index (χ4n) is 2.79. The first-order valence-electron chi connectivity index (χ1n) is 9.08. The van der Waals surface area contributed by atoms with Gasteiger partial charge in [-0.15, -0.1) is 0 Å². The van der Waals surface area contributed by atoms with E-state index in [0.717, 1.165) is 0 Å². The summed E-state index contributed by atoms with van der Waals surface area (Å²) in [6.45, 7) is 2.33. The van der Waals surface area contributed by atoms with E-state index in [1.54, 1.807) is 18.2 Å². The SMILES string of the molecule is COc1cc([N+](=O)[O-])ccc1NC(=O)[C@H](C)OC(=O)Cc1ccc2c(c1)OCCO2. The molecule has 0 unspecified atom stereocenters. The van der Waals surface area contributed by atoms with Gasteiger partial charge in [-0.25, -0.2) is 0 Å². The molecule has 1 atom stereocenters. The average molecular weight is 416 g/mol. The van der Waals surface area contributed by atoms with Crippen LogP contribution in [-0.4, -0.2) is 43.2 Å². The molecule has 10 nitrogen and oxygen atoms in total. The van der Waals surface area contributed by atoms with E-state index in [9.17, 15) is 19.7 Å². The number of nitrogens with zero attached hydrogens (tertiary/aromatic N) is 1. The molecular formula is C20H20N2O8. The maximum Gasteiger partial charge on any atom is 0.311 e. The quantitative estimate of drug-likeness (QED) is 0.414. The highest BCUT2D eigenvalue weighted by Gasteiger charge is 2.21. The number of amides is 1. The topological polar surface area (TPSA) is 126 Å². The molecule has 1 aliphatic heterocycles. The minimum Gasteiger partial charge on any atom is -0.494 e. The van der Waals surface area contributed by atoms with Gasteiger partial charge in [0, 0.05) is 6.07 Å². The molecule has 3 rings (SSSR count). The first-order chi connectivity index (χ1) is 14.4. The van der Waals surface area contributed by atoms with Gasteiger partial charge in [0.2, 0.25) is 0 Å². The molecule has 0 aliphatic carbocycles. The van der Waals surface area contributed by atoms with Crippen molar-refractivity contribution in [2.45, 2.75) is 19.4 Å². The van der Waals surface area contributed by atoms with Crippen molar-refractivity contribution in [1.82, 2.24) is 0 Å². The van der Waals surface area contributed by atoms with E-state index in [0.29, 0.717) is 30.3 Å². The van der Waals surface area contributed by atoms with Gasteiger partial charge >= 0.3 is 5.97 Å². The summed E-state index contributed by atoms with van der Waals surface area (Å²) in [6.07, 6.45) is -1.13. The highest BCUT2D eigenvalue weighted by atomic mass is 16.6. The molecule has 0 fully saturated rings. The summed E-state index contributed by atoms with van der Waals surface area (Å²) >= 11 is 0. The van der Waals surface area contributed by atoms with E-state index in [4.69, 9.17) is 18.9 Å². The summed E-state index contributed by atoms with van der Waals surface area (Å²) in [7, 11) is 1.32. The predicted octanol–water partition coefficient (Wildman–Crippen LogP) is 2.49. The lowest BCUT2D eigenvalue weighted by Crippen LogP contribution is -2.30. The Morgan fingerprint density at radius 2 is 1.90 bits per heavy atom. The maximum atomic E-state index is 12.4. The van der Waals surface area contributed by atoms with Crippen LogP contribution in [0.3, 0.4) is 0 Å². The minimum atomic E-state index is -1.09. The standard InChI is InChI=1S/C20H20N2O8/c1-12(20(24)21-15-5-4-14(22(25)26)11-17(15)27-2)30-19(23)10-13-3-6-16-18(9-13)29-8-7-28-16/h3-6,9,11-12H,7-8,10H2,1-2H3,(H,21,24)/t12-/m0/s1. The fraction of sp³-hybridized carbons (Fsp3) is 0.300. The molecule has 10 heteroatoms. The number of anilines is 1. The maximum absolute atomic E-state index is 12.4. The van der Waals surface area contributed by atoms with Crippen LogP contribution in [0.1, 0.15) is 12.5 Å². The Morgan fingerprint density at radius 3 is 2.60 bits per heavy atom. The summed E-state index contributed by atoms with van der Waals surface area (Å²) in [5.41, 5.74) is 0.709. The monoisotopic (exact) mass is 416 g/mol. The van der Waals surface area contributed by atoms with E-state index in [1.807, 2.05) is 0 Å². The lowest BCUT2D eigenvalue weighted by molar-refractivity contribution is -0.384. The summed E-state index contributed by atoms with van der Waals surface area (Å²) in [4.78, 5) is 34.9. The molecule has 2 aromatic rings. The molecular weight excluding hydrogens is 396 g/mol. The first-order valence-corrected chi connectivity index (χ1v) is 9.08. The molecule has 0 saturated heterocycles. The van der Waals surface area contributed by atoms with Gasteiger partial charge in [0.15, 0.2) is 17.6 Å². The average Bonchev–Trinajstić information content (AvgIpc) is 2.73. The number of hydrogen-bond donors (Lipinski definition) is 1. The highest BCUT2D eigenvalue weighted by molar-refractivity contribution is 5.96. The van der Waals surface area contributed by atoms with Crippen molar-refractivity contribution < 1.29 is 33.5 Å². The van der Waals surface area contributed by atoms with Gasteiger partial charge in [-0.3, -0.25) is 19.7 Å². The third kappa shape index (κ3) is 4.96. The van der Waals surface area contributed by atoms with Gasteiger partial charge in [-0.1, -0.05) is 6.07 Å². The second kappa shape index (κ2) is 9.12. The number of carbonyl (C=O) groups excluding carboxylic acids is 2. The smallest absolute Gasteiger partial charge is 0.311 e. The highest BCUT2D eigenvalue weighted by Crippen LogP contribution is 2.31. The summed E-state index contributed by atoms with van der Waals surface area (Å²) in [5.74, 6) is 0.0980. The molecule has 1 aliphatic rings. The zero-order valence-corrected chi connectivity index (χ0v) is 16.4. The predicted molar refractivity (Wildman–Crippen MR) is 105 cm³/mol. The van der Waals surface area contributed by atoms with Crippen LogP contribution in [0.25, 0.3) is 0 Å². The number of methoxy groups -OCH3 is 1. The fourth-order valence-corrected chi connectivity index (χ4v) is 2.79. The van der Waals surface area contributed by atoms with E-state index in [-0.39, 0.29) is 23.5 Å². The summed E-state index contributed by atoms with van der Waals surface area (Å²) in [6, 6.07) is 8.90. The Bertz CT molecular complexity index is 975. The van der Waals surface area contributed by atoms with Crippen molar-refractivity contribution in [3.63, 3.8) is 0 Å². The minimum absolute atomic E-state index is 0.0465. The van der Waals surface area contributed by atoms with E-state index < -0.39 is 22.9 Å². The van der Waals surface area contributed by atoms with Gasteiger partial charge in [0.25, 0.3) is 11.6 Å². The number of nitrogens with one attached hydrogen (secondary N) is 1. The van der Waals surface area contributed by atoms with Crippen LogP contribution in [0.15, 0.2) is 36.4 Å². The van der Waals surface area contributed by atoms with E-state index in [1.165, 1.54) is 32.2 Å². The molecule has 0 bridgehead atoms. The Kier molecular flexibility index (Phi) is 6.35. The van der Waals surface area contributed by atoms with Crippen molar-refractivity contribution >= 4 is 23.3 Å². The van der Waals surface area contributed by atoms with Crippen molar-refractivity contribution in [3.05, 3.63) is 52.1 Å². The zero-order chi connectivity index (χ0) is 21.7. The van der Waals surface area contributed by atoms with Gasteiger partial charge in [-0.2, -0.15) is 0 Å². The second-order valence-electron chi connectivity index (χ2n) is 6.42. The molecule has 1 heterocycles. The molecule has 0 saturated carbocycles. The molecule has 0 spiro atoms. The van der Waals surface area contributed by atoms with Crippen LogP contribution in [0.4, 0.5) is 11.4 Å². The number of nitro benzene ring substituents is 1. The number of non-ortho nitro benzene ring substituents is 1. The van der Waals surface area contributed by atoms with Gasteiger partial charge in [0.05, 0.1) is 30.2 Å². The molecule has 0 aromatic heterocycles. The number of esters is 1. The van der Waals surface area contributed by atoms with Gasteiger partial charge in [-0.05, 0) is 30.7 Å². The number of benzene rings is 2. The Labute approximate surface area is 171 Å². The zero-order valence-electron chi connectivity index (χ0n) is 16.4. The normalized spacial score (nSPS) is 13.1. The third-order valence-electron chi connectivity index (χ3n) is 4.29. The largest absolute Gasteiger partial charge is 0.494 e. The molecule has 0 radical (unpaired) electrons. The second-order valence-corrected chi connectivity index (χ2v) is 6.42. The lowest BCUT2D eigenvalue weighted by Gasteiger charge is -2.19. The van der Waals surface area contributed by atoms with Crippen LogP contribution in [0, 0.1) is 10.1 Å². The van der Waals surface area contributed by atoms with Crippen LogP contribution >= 0.6 is 0 Å². The molecule has 158 valence electrons. The van der Waals surface area contributed by atoms with E-state index in [2.05, 4.69) is 5.32 Å². The molecule has 1 amide bonds. The van der Waals surface area contributed by atoms with Crippen molar-refractivity contribution in [2.75, 3.05) is 25.6 Å². The molecule has 30 heavy (non-hydrogen) atoms. The van der Waals surface area contributed by atoms with Gasteiger partial charge < -0.3 is 24.3 Å². The lowest BCUT2D eigenvalue weighted by atomic mass is 10.1. The van der Waals surface area contributed by atoms with Crippen molar-refractivity contribution in [3.8, 4) is 17.2 Å². The van der Waals surface area contributed by atoms with Crippen LogP contribution in [0.5, 0.6) is 17.2 Å². The number of hydrogen-bond acceptors (Lipinski definition) is 8. The third-order valence-corrected chi connectivity index (χ3v) is 4.29. The molecule has 1 N–H and O–H groups in total. The number of fused-ring (bicyclic) bond motifs is 1. The van der Waals surface area contributed by atoms with E-state index >= 15 is 0 Å². The Balaban J connectivity index is 1.59. The van der Waals surface area contributed by atoms with Crippen LogP contribution in [-0.2, 0) is 20.7 Å². The Hall–Kier alpha value is -3.82. The summed E-state index contributed by atoms with van der Waals surface area (Å²) < 4.78 is 21.2. The van der Waals surface area contributed by atoms with Crippen molar-refractivity contribution in [2.24, 2.45) is 0 Å². The number of carbonyl (C=O) groups is 2. The number of rotatable bonds is 7. The number of ether oxygens (including phenoxy) is 4. The van der Waals surface area contributed by atoms with Gasteiger partial charge in [0.1, 0.15) is 19.0 Å². The van der Waals surface area contributed by atoms with Crippen LogP contribution < -0.4 is 19.5 Å². The van der Waals surface area contributed by atoms with Crippen molar-refractivity contribution in [1.29, 1.82) is 0 Å². The van der Waals surface area contributed by atoms with Crippen LogP contribution in [0.2, 0.25) is 0 Å². The Morgan fingerprint density at radius 1 is 1.17 bits per heavy atom. The summed E-state index contributed by atoms with van der Waals surface area (Å²) in [5, 5.41) is 13.4. The number of nitro groups is 1. The first kappa shape index (κ1) is 20.9. The molecule has 2 aromatic carbocycles.